The van der Waals surface area contributed by atoms with Gasteiger partial charge in [-0.05, 0) is 25.5 Å². The smallest absolute Gasteiger partial charge is 0.305 e. The summed E-state index contributed by atoms with van der Waals surface area (Å²) in [4.78, 5) is 20.0. The van der Waals surface area contributed by atoms with E-state index in [1.165, 1.54) is 6.07 Å². The number of pyridine rings is 1. The molecule has 1 atom stereocenters. The minimum Gasteiger partial charge on any atom is -0.507 e. The Hall–Kier alpha value is -4.71. The molecule has 33 heavy (non-hydrogen) atoms. The van der Waals surface area contributed by atoms with Crippen molar-refractivity contribution < 1.29 is 19.4 Å². The van der Waals surface area contributed by atoms with E-state index in [4.69, 9.17) is 26.2 Å². The second kappa shape index (κ2) is 10.1. The van der Waals surface area contributed by atoms with Crippen molar-refractivity contribution in [3.8, 4) is 23.8 Å². The number of anilines is 3. The zero-order chi connectivity index (χ0) is 24.0. The lowest BCUT2D eigenvalue weighted by Crippen LogP contribution is -2.32. The summed E-state index contributed by atoms with van der Waals surface area (Å²) in [5, 5.41) is 34.3. The van der Waals surface area contributed by atoms with E-state index in [1.54, 1.807) is 25.2 Å². The Bertz CT molecular complexity index is 1180. The van der Waals surface area contributed by atoms with Crippen LogP contribution in [0.1, 0.15) is 42.5 Å². The molecule has 12 heteroatoms. The molecular formula is C21H22N8O4. The van der Waals surface area contributed by atoms with Crippen LogP contribution >= 0.6 is 0 Å². The Morgan fingerprint density at radius 3 is 2.82 bits per heavy atom. The first-order chi connectivity index (χ1) is 15.9. The van der Waals surface area contributed by atoms with Gasteiger partial charge in [-0.25, -0.2) is 9.98 Å². The molecule has 1 aliphatic rings. The van der Waals surface area contributed by atoms with Gasteiger partial charge >= 0.3 is 5.97 Å². The molecule has 170 valence electrons. The van der Waals surface area contributed by atoms with E-state index in [0.717, 1.165) is 0 Å². The number of rotatable bonds is 7. The van der Waals surface area contributed by atoms with Crippen molar-refractivity contribution in [3.63, 3.8) is 0 Å². The van der Waals surface area contributed by atoms with Crippen molar-refractivity contribution in [2.45, 2.75) is 25.8 Å². The summed E-state index contributed by atoms with van der Waals surface area (Å²) in [6, 6.07) is 5.66. The zero-order valence-electron chi connectivity index (χ0n) is 17.8. The third-order valence-electron chi connectivity index (χ3n) is 4.75. The van der Waals surface area contributed by atoms with E-state index in [9.17, 15) is 15.2 Å². The third kappa shape index (κ3) is 4.97. The second-order valence-electron chi connectivity index (χ2n) is 6.88. The number of hydrogen-bond donors (Lipinski definition) is 5. The topological polar surface area (TPSA) is 205 Å². The number of carbonyl (C=O) groups excluding carboxylic acids is 1. The Morgan fingerprint density at radius 2 is 2.15 bits per heavy atom. The van der Waals surface area contributed by atoms with Crippen LogP contribution in [-0.2, 0) is 9.53 Å². The van der Waals surface area contributed by atoms with E-state index < -0.39 is 6.04 Å². The number of aromatic hydroxyl groups is 1. The first kappa shape index (κ1) is 23.0. The lowest BCUT2D eigenvalue weighted by Gasteiger charge is -2.26. The van der Waals surface area contributed by atoms with Gasteiger partial charge in [0.25, 0.3) is 0 Å². The zero-order valence-corrected chi connectivity index (χ0v) is 17.8. The molecule has 0 saturated heterocycles. The minimum atomic E-state index is -0.879. The van der Waals surface area contributed by atoms with E-state index in [2.05, 4.69) is 20.6 Å². The Morgan fingerprint density at radius 1 is 1.36 bits per heavy atom. The van der Waals surface area contributed by atoms with Crippen LogP contribution in [0.15, 0.2) is 23.2 Å². The van der Waals surface area contributed by atoms with Crippen LogP contribution in [0.5, 0.6) is 11.5 Å². The van der Waals surface area contributed by atoms with Crippen molar-refractivity contribution in [1.29, 1.82) is 10.5 Å². The largest absolute Gasteiger partial charge is 0.507 e. The number of hydrogen-bond acceptors (Lipinski definition) is 12. The predicted molar refractivity (Wildman–Crippen MR) is 119 cm³/mol. The number of phenols is 1. The molecule has 0 spiro atoms. The second-order valence-corrected chi connectivity index (χ2v) is 6.88. The first-order valence-corrected chi connectivity index (χ1v) is 9.99. The summed E-state index contributed by atoms with van der Waals surface area (Å²) in [6.07, 6.45) is 2.44. The number of nitrogens with one attached hydrogen (secondary N) is 2. The minimum absolute atomic E-state index is 0.00603. The number of carbonyl (C=O) groups is 1. The maximum absolute atomic E-state index is 11.4. The van der Waals surface area contributed by atoms with Gasteiger partial charge in [-0.15, -0.1) is 0 Å². The highest BCUT2D eigenvalue weighted by Crippen LogP contribution is 2.43. The lowest BCUT2D eigenvalue weighted by atomic mass is 9.94. The quantitative estimate of drug-likeness (QED) is 0.177. The number of guanidine groups is 1. The van der Waals surface area contributed by atoms with Crippen LogP contribution in [0, 0.1) is 22.8 Å². The molecule has 0 aliphatic carbocycles. The van der Waals surface area contributed by atoms with Crippen molar-refractivity contribution >= 4 is 29.3 Å². The maximum atomic E-state index is 11.4. The number of esters is 1. The van der Waals surface area contributed by atoms with Crippen LogP contribution in [0.2, 0.25) is 0 Å². The van der Waals surface area contributed by atoms with Crippen molar-refractivity contribution in [2.24, 2.45) is 4.99 Å². The third-order valence-corrected chi connectivity index (χ3v) is 4.75. The number of aliphatic imine (C=N–C) groups is 1. The number of nitrogen functional groups attached to an aromatic ring is 2. The molecule has 0 fully saturated rings. The van der Waals surface area contributed by atoms with Gasteiger partial charge in [0.1, 0.15) is 40.8 Å². The van der Waals surface area contributed by atoms with E-state index >= 15 is 0 Å². The molecule has 0 bridgehead atoms. The van der Waals surface area contributed by atoms with Gasteiger partial charge in [0.15, 0.2) is 6.19 Å². The molecule has 1 aromatic carbocycles. The summed E-state index contributed by atoms with van der Waals surface area (Å²) in [6.45, 7) is 2.32. The Labute approximate surface area is 189 Å². The number of benzene rings is 1. The highest BCUT2D eigenvalue weighted by molar-refractivity contribution is 5.98. The molecule has 0 amide bonds. The van der Waals surface area contributed by atoms with Crippen LogP contribution in [0.4, 0.5) is 17.3 Å². The van der Waals surface area contributed by atoms with E-state index in [0.29, 0.717) is 29.9 Å². The summed E-state index contributed by atoms with van der Waals surface area (Å²) in [5.41, 5.74) is 12.8. The highest BCUT2D eigenvalue weighted by Gasteiger charge is 2.31. The summed E-state index contributed by atoms with van der Waals surface area (Å²) < 4.78 is 10.5. The molecule has 0 saturated carbocycles. The van der Waals surface area contributed by atoms with Gasteiger partial charge in [-0.3, -0.25) is 10.1 Å². The fourth-order valence-corrected chi connectivity index (χ4v) is 3.29. The van der Waals surface area contributed by atoms with Gasteiger partial charge in [-0.2, -0.15) is 10.5 Å². The average Bonchev–Trinajstić information content (AvgIpc) is 2.77. The molecule has 7 N–H and O–H groups in total. The van der Waals surface area contributed by atoms with Gasteiger partial charge in [-0.1, -0.05) is 0 Å². The molecule has 1 aromatic heterocycles. The molecule has 3 rings (SSSR count). The van der Waals surface area contributed by atoms with Crippen LogP contribution in [0.3, 0.4) is 0 Å². The predicted octanol–water partition coefficient (Wildman–Crippen LogP) is 1.49. The summed E-state index contributed by atoms with van der Waals surface area (Å²) in [7, 11) is 0. The van der Waals surface area contributed by atoms with Crippen LogP contribution in [0.25, 0.3) is 0 Å². The normalized spacial score (nSPS) is 14.0. The number of aromatic nitrogens is 1. The molecule has 2 heterocycles. The molecule has 1 aliphatic heterocycles. The van der Waals surface area contributed by atoms with Gasteiger partial charge < -0.3 is 31.4 Å². The molecule has 0 radical (unpaired) electrons. The SMILES string of the molecule is CCOC(=O)CCCOc1ccc(C2N=C(NC#N)Nc3nc(N)c(C#N)c(N)c32)c(O)c1. The van der Waals surface area contributed by atoms with E-state index in [1.807, 2.05) is 6.07 Å². The van der Waals surface area contributed by atoms with Gasteiger partial charge in [0.05, 0.1) is 18.9 Å². The maximum Gasteiger partial charge on any atom is 0.305 e. The number of phenolic OH excluding ortho intramolecular Hbond substituents is 1. The van der Waals surface area contributed by atoms with Crippen molar-refractivity contribution in [1.82, 2.24) is 10.3 Å². The molecule has 1 unspecified atom stereocenters. The van der Waals surface area contributed by atoms with E-state index in [-0.39, 0.29) is 53.6 Å². The lowest BCUT2D eigenvalue weighted by molar-refractivity contribution is -0.143. The first-order valence-electron chi connectivity index (χ1n) is 9.99. The Kier molecular flexibility index (Phi) is 7.00. The molecular weight excluding hydrogens is 428 g/mol. The van der Waals surface area contributed by atoms with Gasteiger partial charge in [0.2, 0.25) is 5.96 Å². The fraction of sp³-hybridized carbons (Fsp3) is 0.286. The standard InChI is InChI=1S/C21H22N8O4/c1-2-32-15(31)4-3-7-33-11-5-6-12(14(30)8-11)18-16-17(24)13(9-22)19(25)28-20(16)29-21(27-18)26-10-23/h5-6,8,18,30H,2-4,7H2,1H3,(H6,24,25,26,27,28,29). The van der Waals surface area contributed by atoms with Crippen LogP contribution in [-0.4, -0.2) is 35.2 Å². The molecule has 12 nitrogen and oxygen atoms in total. The van der Waals surface area contributed by atoms with Crippen molar-refractivity contribution in [3.05, 3.63) is 34.9 Å². The number of nitrogens with two attached hydrogens (primary N) is 2. The highest BCUT2D eigenvalue weighted by atomic mass is 16.5. The fourth-order valence-electron chi connectivity index (χ4n) is 3.29. The molecule has 2 aromatic rings. The number of nitriles is 2. The Balaban J connectivity index is 1.88. The number of nitrogens with zero attached hydrogens (tertiary/aromatic N) is 4. The number of ether oxygens (including phenoxy) is 2. The number of fused-ring (bicyclic) bond motifs is 1. The monoisotopic (exact) mass is 450 g/mol. The van der Waals surface area contributed by atoms with Gasteiger partial charge in [0, 0.05) is 23.6 Å². The summed E-state index contributed by atoms with van der Waals surface area (Å²) in [5.74, 6) is 0.145. The summed E-state index contributed by atoms with van der Waals surface area (Å²) >= 11 is 0. The average molecular weight is 450 g/mol. The van der Waals surface area contributed by atoms with Crippen LogP contribution < -0.4 is 26.8 Å². The van der Waals surface area contributed by atoms with Crippen molar-refractivity contribution in [2.75, 3.05) is 30.0 Å².